The first-order valence-electron chi connectivity index (χ1n) is 10.1. The Bertz CT molecular complexity index is 919. The van der Waals surface area contributed by atoms with E-state index in [9.17, 15) is 24.0 Å². The van der Waals surface area contributed by atoms with Gasteiger partial charge in [0, 0.05) is 25.2 Å². The number of amides is 5. The van der Waals surface area contributed by atoms with E-state index in [1.54, 1.807) is 12.1 Å². The molecule has 0 aliphatic carbocycles. The van der Waals surface area contributed by atoms with E-state index in [1.807, 2.05) is 0 Å². The van der Waals surface area contributed by atoms with Crippen LogP contribution in [0.3, 0.4) is 0 Å². The van der Waals surface area contributed by atoms with Crippen molar-refractivity contribution in [3.05, 3.63) is 29.3 Å². The summed E-state index contributed by atoms with van der Waals surface area (Å²) < 4.78 is 10.6. The SMILES string of the molecule is O=C(O)NCCOCCOCCNc1ccc2c(c1)C(=O)N(C1CCC(=O)NC1=O)C2=O. The zero-order valence-electron chi connectivity index (χ0n) is 17.2. The van der Waals surface area contributed by atoms with Crippen LogP contribution in [0.1, 0.15) is 33.6 Å². The molecule has 1 aromatic rings. The van der Waals surface area contributed by atoms with Gasteiger partial charge < -0.3 is 25.2 Å². The van der Waals surface area contributed by atoms with E-state index >= 15 is 0 Å². The molecule has 1 fully saturated rings. The van der Waals surface area contributed by atoms with Gasteiger partial charge in [0.2, 0.25) is 11.8 Å². The zero-order chi connectivity index (χ0) is 23.1. The van der Waals surface area contributed by atoms with E-state index in [0.29, 0.717) is 32.1 Å². The van der Waals surface area contributed by atoms with Crippen LogP contribution in [0.25, 0.3) is 0 Å². The molecule has 12 nitrogen and oxygen atoms in total. The number of piperidine rings is 1. The number of anilines is 1. The topological polar surface area (TPSA) is 163 Å². The predicted octanol–water partition coefficient (Wildman–Crippen LogP) is -0.199. The molecule has 4 N–H and O–H groups in total. The second-order valence-electron chi connectivity index (χ2n) is 7.09. The molecular formula is C20H24N4O8. The molecule has 32 heavy (non-hydrogen) atoms. The van der Waals surface area contributed by atoms with Gasteiger partial charge in [0.25, 0.3) is 11.8 Å². The van der Waals surface area contributed by atoms with Crippen LogP contribution < -0.4 is 16.0 Å². The summed E-state index contributed by atoms with van der Waals surface area (Å²) in [6, 6.07) is 3.76. The first-order valence-corrected chi connectivity index (χ1v) is 10.1. The van der Waals surface area contributed by atoms with Crippen molar-refractivity contribution < 1.29 is 38.6 Å². The van der Waals surface area contributed by atoms with E-state index in [0.717, 1.165) is 4.90 Å². The second kappa shape index (κ2) is 10.7. The molecule has 0 saturated carbocycles. The highest BCUT2D eigenvalue weighted by molar-refractivity contribution is 6.23. The summed E-state index contributed by atoms with van der Waals surface area (Å²) in [5.41, 5.74) is 1.04. The minimum absolute atomic E-state index is 0.0703. The second-order valence-corrected chi connectivity index (χ2v) is 7.09. The number of hydrogen-bond donors (Lipinski definition) is 4. The summed E-state index contributed by atoms with van der Waals surface area (Å²) in [5, 5.41) is 15.9. The van der Waals surface area contributed by atoms with Crippen molar-refractivity contribution in [1.82, 2.24) is 15.5 Å². The molecule has 0 spiro atoms. The molecule has 1 aromatic carbocycles. The number of nitrogens with one attached hydrogen (secondary N) is 3. The molecule has 0 radical (unpaired) electrons. The van der Waals surface area contributed by atoms with E-state index in [1.165, 1.54) is 6.07 Å². The highest BCUT2D eigenvalue weighted by Crippen LogP contribution is 2.29. The van der Waals surface area contributed by atoms with Crippen LogP contribution >= 0.6 is 0 Å². The molecule has 1 unspecified atom stereocenters. The third kappa shape index (κ3) is 5.59. The monoisotopic (exact) mass is 448 g/mol. The highest BCUT2D eigenvalue weighted by atomic mass is 16.5. The van der Waals surface area contributed by atoms with Crippen LogP contribution in [-0.2, 0) is 19.1 Å². The van der Waals surface area contributed by atoms with Gasteiger partial charge in [-0.2, -0.15) is 0 Å². The van der Waals surface area contributed by atoms with Crippen molar-refractivity contribution in [2.24, 2.45) is 0 Å². The third-order valence-electron chi connectivity index (χ3n) is 4.91. The lowest BCUT2D eigenvalue weighted by atomic mass is 10.0. The molecule has 1 atom stereocenters. The van der Waals surface area contributed by atoms with Gasteiger partial charge in [0.05, 0.1) is 37.6 Å². The number of carboxylic acid groups (broad SMARTS) is 1. The molecule has 5 amide bonds. The summed E-state index contributed by atoms with van der Waals surface area (Å²) in [4.78, 5) is 60.1. The Hall–Kier alpha value is -3.51. The van der Waals surface area contributed by atoms with Gasteiger partial charge >= 0.3 is 6.09 Å². The van der Waals surface area contributed by atoms with Gasteiger partial charge in [-0.15, -0.1) is 0 Å². The van der Waals surface area contributed by atoms with Crippen molar-refractivity contribution in [2.45, 2.75) is 18.9 Å². The van der Waals surface area contributed by atoms with Gasteiger partial charge in [0.1, 0.15) is 6.04 Å². The number of nitrogens with zero attached hydrogens (tertiary/aromatic N) is 1. The van der Waals surface area contributed by atoms with Crippen LogP contribution in [0.4, 0.5) is 10.5 Å². The van der Waals surface area contributed by atoms with Gasteiger partial charge in [-0.1, -0.05) is 0 Å². The zero-order valence-corrected chi connectivity index (χ0v) is 17.2. The lowest BCUT2D eigenvalue weighted by Crippen LogP contribution is -2.54. The molecule has 0 aromatic heterocycles. The standard InChI is InChI=1S/C20H24N4O8/c25-16-4-3-15(17(26)23-16)24-18(27)13-2-1-12(11-14(13)19(24)28)21-5-7-31-9-10-32-8-6-22-20(29)30/h1-2,11,15,21-22H,3-10H2,(H,29,30)(H,23,25,26). The highest BCUT2D eigenvalue weighted by Gasteiger charge is 2.44. The van der Waals surface area contributed by atoms with E-state index in [-0.39, 0.29) is 37.1 Å². The third-order valence-corrected chi connectivity index (χ3v) is 4.91. The molecule has 1 saturated heterocycles. The van der Waals surface area contributed by atoms with Crippen molar-refractivity contribution in [2.75, 3.05) is 44.8 Å². The van der Waals surface area contributed by atoms with Crippen molar-refractivity contribution in [1.29, 1.82) is 0 Å². The summed E-state index contributed by atoms with van der Waals surface area (Å²) >= 11 is 0. The molecular weight excluding hydrogens is 424 g/mol. The molecule has 0 bridgehead atoms. The predicted molar refractivity (Wildman–Crippen MR) is 109 cm³/mol. The quantitative estimate of drug-likeness (QED) is 0.265. The molecule has 3 rings (SSSR count). The molecule has 172 valence electrons. The van der Waals surface area contributed by atoms with Crippen molar-refractivity contribution in [3.63, 3.8) is 0 Å². The summed E-state index contributed by atoms with van der Waals surface area (Å²) in [5.74, 6) is -2.17. The average Bonchev–Trinajstić information content (AvgIpc) is 2.99. The summed E-state index contributed by atoms with van der Waals surface area (Å²) in [7, 11) is 0. The van der Waals surface area contributed by atoms with E-state index in [2.05, 4.69) is 16.0 Å². The van der Waals surface area contributed by atoms with E-state index in [4.69, 9.17) is 14.6 Å². The van der Waals surface area contributed by atoms with Gasteiger partial charge in [-0.25, -0.2) is 4.79 Å². The number of rotatable bonds is 11. The average molecular weight is 448 g/mol. The first kappa shape index (κ1) is 23.2. The van der Waals surface area contributed by atoms with Crippen LogP contribution in [0.15, 0.2) is 18.2 Å². The first-order chi connectivity index (χ1) is 15.4. The maximum Gasteiger partial charge on any atom is 0.404 e. The number of imide groups is 2. The van der Waals surface area contributed by atoms with Crippen LogP contribution in [0.5, 0.6) is 0 Å². The molecule has 2 aliphatic rings. The fraction of sp³-hybridized carbons (Fsp3) is 0.450. The Morgan fingerprint density at radius 3 is 2.41 bits per heavy atom. The van der Waals surface area contributed by atoms with Crippen LogP contribution in [0.2, 0.25) is 0 Å². The minimum Gasteiger partial charge on any atom is -0.465 e. The van der Waals surface area contributed by atoms with Gasteiger partial charge in [-0.3, -0.25) is 29.4 Å². The maximum atomic E-state index is 12.8. The normalized spacial score (nSPS) is 17.9. The largest absolute Gasteiger partial charge is 0.465 e. The Balaban J connectivity index is 1.43. The minimum atomic E-state index is -1.10. The number of fused-ring (bicyclic) bond motifs is 1. The lowest BCUT2D eigenvalue weighted by molar-refractivity contribution is -0.136. The number of ether oxygens (including phenoxy) is 2. The Kier molecular flexibility index (Phi) is 7.73. The maximum absolute atomic E-state index is 12.8. The van der Waals surface area contributed by atoms with Gasteiger partial charge in [0.15, 0.2) is 0 Å². The fourth-order valence-electron chi connectivity index (χ4n) is 3.40. The number of carbonyl (C=O) groups excluding carboxylic acids is 4. The summed E-state index contributed by atoms with van der Waals surface area (Å²) in [6.07, 6.45) is -0.920. The number of hydrogen-bond acceptors (Lipinski definition) is 8. The van der Waals surface area contributed by atoms with Crippen molar-refractivity contribution >= 4 is 35.4 Å². The Labute approximate surface area is 183 Å². The smallest absolute Gasteiger partial charge is 0.404 e. The fourth-order valence-corrected chi connectivity index (χ4v) is 3.40. The molecule has 12 heteroatoms. The van der Waals surface area contributed by atoms with Gasteiger partial charge in [-0.05, 0) is 24.6 Å². The molecule has 2 heterocycles. The van der Waals surface area contributed by atoms with E-state index < -0.39 is 35.8 Å². The van der Waals surface area contributed by atoms with Crippen LogP contribution in [-0.4, -0.2) is 85.3 Å². The number of benzene rings is 1. The molecule has 2 aliphatic heterocycles. The lowest BCUT2D eigenvalue weighted by Gasteiger charge is -2.27. The summed E-state index contributed by atoms with van der Waals surface area (Å²) in [6.45, 7) is 1.93. The van der Waals surface area contributed by atoms with Crippen molar-refractivity contribution in [3.8, 4) is 0 Å². The van der Waals surface area contributed by atoms with Crippen LogP contribution in [0, 0.1) is 0 Å². The Morgan fingerprint density at radius 2 is 1.72 bits per heavy atom. The number of carbonyl (C=O) groups is 5. The Morgan fingerprint density at radius 1 is 1.03 bits per heavy atom.